The van der Waals surface area contributed by atoms with Crippen LogP contribution in [0.15, 0.2) is 51.7 Å². The molecule has 100 valence electrons. The molecule has 3 rings (SSSR count). The summed E-state index contributed by atoms with van der Waals surface area (Å²) in [5.74, 6) is -0.506. The quantitative estimate of drug-likeness (QED) is 0.742. The van der Waals surface area contributed by atoms with Gasteiger partial charge in [0.15, 0.2) is 11.4 Å². The Morgan fingerprint density at radius 2 is 2.00 bits per heavy atom. The van der Waals surface area contributed by atoms with E-state index in [-0.39, 0.29) is 5.78 Å². The van der Waals surface area contributed by atoms with Gasteiger partial charge in [-0.2, -0.15) is 0 Å². The maximum Gasteiger partial charge on any atom is 0.417 e. The van der Waals surface area contributed by atoms with Crippen LogP contribution in [0.5, 0.6) is 0 Å². The number of fused-ring (bicyclic) bond motifs is 1. The average Bonchev–Trinajstić information content (AvgIpc) is 2.80. The number of aromatic nitrogens is 1. The lowest BCUT2D eigenvalue weighted by Gasteiger charge is -2.04. The van der Waals surface area contributed by atoms with Gasteiger partial charge in [-0.15, -0.1) is 0 Å². The van der Waals surface area contributed by atoms with Crippen LogP contribution < -0.4 is 5.76 Å². The largest absolute Gasteiger partial charge is 0.417 e. The summed E-state index contributed by atoms with van der Waals surface area (Å²) >= 11 is 0. The maximum absolute atomic E-state index is 12.3. The number of carbonyl (C=O) groups excluding carboxylic acids is 1. The van der Waals surface area contributed by atoms with E-state index in [1.807, 2.05) is 31.2 Å². The Morgan fingerprint density at radius 3 is 2.80 bits per heavy atom. The molecular formula is C16H13NO3. The van der Waals surface area contributed by atoms with Crippen molar-refractivity contribution >= 4 is 16.9 Å². The zero-order chi connectivity index (χ0) is 14.1. The van der Waals surface area contributed by atoms with Crippen LogP contribution in [0.3, 0.4) is 0 Å². The Bertz CT molecular complexity index is 842. The Morgan fingerprint density at radius 1 is 1.20 bits per heavy atom. The van der Waals surface area contributed by atoms with Gasteiger partial charge < -0.3 is 4.42 Å². The number of Topliss-reactive ketones (excluding diaryl/α,β-unsaturated/α-hetero) is 1. The second kappa shape index (κ2) is 4.81. The minimum absolute atomic E-state index is 0.00467. The fourth-order valence-electron chi connectivity index (χ4n) is 2.20. The first-order valence-electron chi connectivity index (χ1n) is 6.34. The Kier molecular flexibility index (Phi) is 2.99. The number of rotatable bonds is 3. The monoisotopic (exact) mass is 267 g/mol. The summed E-state index contributed by atoms with van der Waals surface area (Å²) in [4.78, 5) is 25.9. The van der Waals surface area contributed by atoms with Gasteiger partial charge in [0.1, 0.15) is 0 Å². The lowest BCUT2D eigenvalue weighted by Crippen LogP contribution is -2.04. The van der Waals surface area contributed by atoms with Crippen molar-refractivity contribution in [1.82, 2.24) is 4.98 Å². The predicted molar refractivity (Wildman–Crippen MR) is 76.0 cm³/mol. The van der Waals surface area contributed by atoms with Crippen molar-refractivity contribution in [2.75, 3.05) is 0 Å². The SMILES string of the molecule is Cc1ccccc1CC(=O)c1ccc2[nH]c(=O)oc2c1. The fourth-order valence-corrected chi connectivity index (χ4v) is 2.20. The van der Waals surface area contributed by atoms with Gasteiger partial charge in [-0.05, 0) is 36.2 Å². The first-order valence-corrected chi connectivity index (χ1v) is 6.34. The molecule has 0 radical (unpaired) electrons. The molecule has 0 fully saturated rings. The highest BCUT2D eigenvalue weighted by Gasteiger charge is 2.11. The molecule has 4 heteroatoms. The molecule has 0 saturated heterocycles. The van der Waals surface area contributed by atoms with Crippen molar-refractivity contribution in [1.29, 1.82) is 0 Å². The number of H-pyrrole nitrogens is 1. The number of oxazole rings is 1. The average molecular weight is 267 g/mol. The molecule has 0 atom stereocenters. The molecule has 2 aromatic carbocycles. The summed E-state index contributed by atoms with van der Waals surface area (Å²) in [5.41, 5.74) is 3.65. The molecule has 3 aromatic rings. The molecule has 0 aliphatic heterocycles. The van der Waals surface area contributed by atoms with E-state index in [9.17, 15) is 9.59 Å². The van der Waals surface area contributed by atoms with Crippen LogP contribution in [0.1, 0.15) is 21.5 Å². The van der Waals surface area contributed by atoms with Gasteiger partial charge in [-0.1, -0.05) is 24.3 Å². The highest BCUT2D eigenvalue weighted by atomic mass is 16.4. The van der Waals surface area contributed by atoms with E-state index in [0.29, 0.717) is 23.1 Å². The van der Waals surface area contributed by atoms with E-state index >= 15 is 0 Å². The third kappa shape index (κ3) is 2.28. The number of hydrogen-bond acceptors (Lipinski definition) is 3. The zero-order valence-corrected chi connectivity index (χ0v) is 11.0. The van der Waals surface area contributed by atoms with Gasteiger partial charge in [0.05, 0.1) is 5.52 Å². The van der Waals surface area contributed by atoms with Gasteiger partial charge in [-0.3, -0.25) is 9.78 Å². The molecule has 0 aliphatic rings. The van der Waals surface area contributed by atoms with Gasteiger partial charge in [0.2, 0.25) is 0 Å². The van der Waals surface area contributed by atoms with Gasteiger partial charge in [0, 0.05) is 12.0 Å². The fraction of sp³-hybridized carbons (Fsp3) is 0.125. The minimum Gasteiger partial charge on any atom is -0.408 e. The van der Waals surface area contributed by atoms with Crippen molar-refractivity contribution in [3.8, 4) is 0 Å². The number of nitrogens with one attached hydrogen (secondary N) is 1. The second-order valence-corrected chi connectivity index (χ2v) is 4.75. The summed E-state index contributed by atoms with van der Waals surface area (Å²) in [6, 6.07) is 12.8. The van der Waals surface area contributed by atoms with Crippen LogP contribution in [0.2, 0.25) is 0 Å². The van der Waals surface area contributed by atoms with Gasteiger partial charge in [0.25, 0.3) is 0 Å². The topological polar surface area (TPSA) is 63.1 Å². The zero-order valence-electron chi connectivity index (χ0n) is 11.0. The maximum atomic E-state index is 12.3. The number of aromatic amines is 1. The third-order valence-electron chi connectivity index (χ3n) is 3.36. The third-order valence-corrected chi connectivity index (χ3v) is 3.36. The van der Waals surface area contributed by atoms with Crippen molar-refractivity contribution in [3.63, 3.8) is 0 Å². The van der Waals surface area contributed by atoms with Crippen molar-refractivity contribution < 1.29 is 9.21 Å². The minimum atomic E-state index is -0.511. The Hall–Kier alpha value is -2.62. The molecule has 0 spiro atoms. The highest BCUT2D eigenvalue weighted by Crippen LogP contribution is 2.16. The molecule has 0 amide bonds. The van der Waals surface area contributed by atoms with Crippen LogP contribution in [0, 0.1) is 6.92 Å². The summed E-state index contributed by atoms with van der Waals surface area (Å²) in [5, 5.41) is 0. The van der Waals surface area contributed by atoms with Crippen molar-refractivity contribution in [2.45, 2.75) is 13.3 Å². The van der Waals surface area contributed by atoms with Crippen molar-refractivity contribution in [2.24, 2.45) is 0 Å². The molecule has 4 nitrogen and oxygen atoms in total. The molecule has 1 aromatic heterocycles. The second-order valence-electron chi connectivity index (χ2n) is 4.75. The predicted octanol–water partition coefficient (Wildman–Crippen LogP) is 2.85. The van der Waals surface area contributed by atoms with Crippen LogP contribution in [-0.4, -0.2) is 10.8 Å². The molecule has 0 unspecified atom stereocenters. The Balaban J connectivity index is 1.92. The van der Waals surface area contributed by atoms with E-state index < -0.39 is 5.76 Å². The van der Waals surface area contributed by atoms with E-state index in [1.54, 1.807) is 18.2 Å². The van der Waals surface area contributed by atoms with E-state index in [2.05, 4.69) is 4.98 Å². The smallest absolute Gasteiger partial charge is 0.408 e. The standard InChI is InChI=1S/C16H13NO3/c1-10-4-2-3-5-11(10)8-14(18)12-6-7-13-15(9-12)20-16(19)17-13/h2-7,9H,8H2,1H3,(H,17,19). The van der Waals surface area contributed by atoms with Crippen LogP contribution >= 0.6 is 0 Å². The number of hydrogen-bond donors (Lipinski definition) is 1. The van der Waals surface area contributed by atoms with Crippen LogP contribution in [0.25, 0.3) is 11.1 Å². The van der Waals surface area contributed by atoms with E-state index in [1.165, 1.54) is 0 Å². The summed E-state index contributed by atoms with van der Waals surface area (Å²) in [7, 11) is 0. The normalized spacial score (nSPS) is 10.8. The molecule has 0 aliphatic carbocycles. The summed E-state index contributed by atoms with van der Waals surface area (Å²) in [6.45, 7) is 1.98. The van der Waals surface area contributed by atoms with Gasteiger partial charge in [-0.25, -0.2) is 4.79 Å². The summed E-state index contributed by atoms with van der Waals surface area (Å²) < 4.78 is 4.97. The van der Waals surface area contributed by atoms with Crippen molar-refractivity contribution in [3.05, 3.63) is 69.7 Å². The number of ketones is 1. The molecule has 1 N–H and O–H groups in total. The molecular weight excluding hydrogens is 254 g/mol. The molecule has 1 heterocycles. The van der Waals surface area contributed by atoms with Gasteiger partial charge >= 0.3 is 5.76 Å². The lowest BCUT2D eigenvalue weighted by atomic mass is 9.99. The lowest BCUT2D eigenvalue weighted by molar-refractivity contribution is 0.0993. The molecule has 0 saturated carbocycles. The first kappa shape index (κ1) is 12.4. The van der Waals surface area contributed by atoms with E-state index in [4.69, 9.17) is 4.42 Å². The number of carbonyl (C=O) groups is 1. The molecule has 20 heavy (non-hydrogen) atoms. The molecule has 0 bridgehead atoms. The highest BCUT2D eigenvalue weighted by molar-refractivity contribution is 5.99. The number of aryl methyl sites for hydroxylation is 1. The Labute approximate surface area is 115 Å². The first-order chi connectivity index (χ1) is 9.63. The van der Waals surface area contributed by atoms with E-state index in [0.717, 1.165) is 11.1 Å². The number of benzene rings is 2. The summed E-state index contributed by atoms with van der Waals surface area (Å²) in [6.07, 6.45) is 0.340. The van der Waals surface area contributed by atoms with Crippen LogP contribution in [0.4, 0.5) is 0 Å². The van der Waals surface area contributed by atoms with Crippen LogP contribution in [-0.2, 0) is 6.42 Å².